The summed E-state index contributed by atoms with van der Waals surface area (Å²) in [6.07, 6.45) is 4.43. The molecule has 5 nitrogen and oxygen atoms in total. The van der Waals surface area contributed by atoms with Crippen LogP contribution in [0.1, 0.15) is 0 Å². The Morgan fingerprint density at radius 3 is 2.26 bits per heavy atom. The van der Waals surface area contributed by atoms with Crippen molar-refractivity contribution in [2.24, 2.45) is 0 Å². The minimum atomic E-state index is -3.25. The molecule has 0 radical (unpaired) electrons. The fourth-order valence-electron chi connectivity index (χ4n) is 2.79. The maximum Gasteiger partial charge on any atom is 0.175 e. The Morgan fingerprint density at radius 2 is 1.67 bits per heavy atom. The fourth-order valence-corrected chi connectivity index (χ4v) is 3.55. The number of nitrogens with zero attached hydrogens (tertiary/aromatic N) is 2. The standard InChI is InChI=1S/C20H15ClN2O3S/c1-27(24,25)18-8-6-17(7-9-18)23-20(15-10-11-26-13-15)12-19(22-23)14-2-4-16(21)5-3-14/h2-13H,1H3. The van der Waals surface area contributed by atoms with Crippen LogP contribution in [-0.4, -0.2) is 24.5 Å². The number of hydrogen-bond acceptors (Lipinski definition) is 4. The average Bonchev–Trinajstić information content (AvgIpc) is 3.31. The van der Waals surface area contributed by atoms with E-state index in [1.54, 1.807) is 41.5 Å². The smallest absolute Gasteiger partial charge is 0.175 e. The lowest BCUT2D eigenvalue weighted by molar-refractivity contribution is 0.568. The third-order valence-corrected chi connectivity index (χ3v) is 5.56. The lowest BCUT2D eigenvalue weighted by atomic mass is 10.1. The largest absolute Gasteiger partial charge is 0.472 e. The summed E-state index contributed by atoms with van der Waals surface area (Å²) in [5.41, 5.74) is 4.15. The molecule has 0 aliphatic carbocycles. The quantitative estimate of drug-likeness (QED) is 0.492. The highest BCUT2D eigenvalue weighted by atomic mass is 35.5. The van der Waals surface area contributed by atoms with E-state index in [2.05, 4.69) is 0 Å². The Labute approximate surface area is 161 Å². The number of rotatable bonds is 4. The van der Waals surface area contributed by atoms with Gasteiger partial charge < -0.3 is 4.42 Å². The maximum atomic E-state index is 11.7. The Hall–Kier alpha value is -2.83. The van der Waals surface area contributed by atoms with Crippen molar-refractivity contribution < 1.29 is 12.8 Å². The third-order valence-electron chi connectivity index (χ3n) is 4.18. The zero-order valence-corrected chi connectivity index (χ0v) is 15.9. The van der Waals surface area contributed by atoms with Gasteiger partial charge in [0.2, 0.25) is 0 Å². The van der Waals surface area contributed by atoms with Gasteiger partial charge in [-0.2, -0.15) is 5.10 Å². The molecule has 0 saturated heterocycles. The lowest BCUT2D eigenvalue weighted by Crippen LogP contribution is -2.01. The molecular formula is C20H15ClN2O3S. The summed E-state index contributed by atoms with van der Waals surface area (Å²) in [6, 6.07) is 17.9. The molecule has 136 valence electrons. The van der Waals surface area contributed by atoms with Crippen molar-refractivity contribution in [1.29, 1.82) is 0 Å². The SMILES string of the molecule is CS(=O)(=O)c1ccc(-n2nc(-c3ccc(Cl)cc3)cc2-c2ccoc2)cc1. The van der Waals surface area contributed by atoms with Crippen LogP contribution in [0.5, 0.6) is 0 Å². The average molecular weight is 399 g/mol. The highest BCUT2D eigenvalue weighted by molar-refractivity contribution is 7.90. The van der Waals surface area contributed by atoms with Gasteiger partial charge in [0.25, 0.3) is 0 Å². The molecule has 2 aromatic heterocycles. The van der Waals surface area contributed by atoms with Gasteiger partial charge in [0.15, 0.2) is 9.84 Å². The predicted octanol–water partition coefficient (Wildman–Crippen LogP) is 4.86. The van der Waals surface area contributed by atoms with Crippen LogP contribution in [0.3, 0.4) is 0 Å². The highest BCUT2D eigenvalue weighted by Crippen LogP contribution is 2.30. The summed E-state index contributed by atoms with van der Waals surface area (Å²) in [7, 11) is -3.25. The van der Waals surface area contributed by atoms with Gasteiger partial charge in [-0.15, -0.1) is 0 Å². The van der Waals surface area contributed by atoms with Gasteiger partial charge in [-0.25, -0.2) is 13.1 Å². The zero-order valence-electron chi connectivity index (χ0n) is 14.3. The number of benzene rings is 2. The van der Waals surface area contributed by atoms with Crippen LogP contribution in [0.15, 0.2) is 82.5 Å². The predicted molar refractivity (Wildman–Crippen MR) is 105 cm³/mol. The van der Waals surface area contributed by atoms with Crippen molar-refractivity contribution in [3.8, 4) is 28.2 Å². The Kier molecular flexibility index (Phi) is 4.37. The van der Waals surface area contributed by atoms with Crippen molar-refractivity contribution in [3.63, 3.8) is 0 Å². The van der Waals surface area contributed by atoms with Gasteiger partial charge in [-0.3, -0.25) is 0 Å². The van der Waals surface area contributed by atoms with Crippen molar-refractivity contribution >= 4 is 21.4 Å². The number of furan rings is 1. The van der Waals surface area contributed by atoms with Gasteiger partial charge in [0.05, 0.1) is 34.5 Å². The first-order valence-corrected chi connectivity index (χ1v) is 10.4. The van der Waals surface area contributed by atoms with E-state index in [1.807, 2.05) is 36.4 Å². The second-order valence-electron chi connectivity index (χ2n) is 6.11. The van der Waals surface area contributed by atoms with E-state index < -0.39 is 9.84 Å². The summed E-state index contributed by atoms with van der Waals surface area (Å²) in [5, 5.41) is 5.37. The van der Waals surface area contributed by atoms with Crippen LogP contribution in [0.25, 0.3) is 28.2 Å². The number of halogens is 1. The van der Waals surface area contributed by atoms with Crippen molar-refractivity contribution in [3.05, 3.63) is 78.2 Å². The third kappa shape index (κ3) is 3.54. The molecule has 7 heteroatoms. The van der Waals surface area contributed by atoms with Gasteiger partial charge in [-0.05, 0) is 48.5 Å². The molecule has 0 unspecified atom stereocenters. The molecule has 0 fully saturated rings. The summed E-state index contributed by atoms with van der Waals surface area (Å²) in [6.45, 7) is 0. The van der Waals surface area contributed by atoms with Gasteiger partial charge in [-0.1, -0.05) is 23.7 Å². The van der Waals surface area contributed by atoms with E-state index in [-0.39, 0.29) is 4.90 Å². The van der Waals surface area contributed by atoms with Crippen LogP contribution >= 0.6 is 11.6 Å². The second kappa shape index (κ2) is 6.72. The van der Waals surface area contributed by atoms with Crippen LogP contribution in [0.2, 0.25) is 5.02 Å². The van der Waals surface area contributed by atoms with E-state index >= 15 is 0 Å². The minimum Gasteiger partial charge on any atom is -0.472 e. The normalized spacial score (nSPS) is 11.6. The zero-order chi connectivity index (χ0) is 19.0. The van der Waals surface area contributed by atoms with Crippen LogP contribution in [-0.2, 0) is 9.84 Å². The van der Waals surface area contributed by atoms with Crippen LogP contribution in [0.4, 0.5) is 0 Å². The first-order valence-electron chi connectivity index (χ1n) is 8.11. The summed E-state index contributed by atoms with van der Waals surface area (Å²) in [4.78, 5) is 0.265. The molecule has 2 heterocycles. The topological polar surface area (TPSA) is 65.1 Å². The molecule has 0 atom stereocenters. The van der Waals surface area contributed by atoms with Crippen molar-refractivity contribution in [2.45, 2.75) is 4.90 Å². The monoisotopic (exact) mass is 398 g/mol. The van der Waals surface area contributed by atoms with E-state index in [0.717, 1.165) is 28.2 Å². The molecule has 0 bridgehead atoms. The van der Waals surface area contributed by atoms with Crippen molar-refractivity contribution in [2.75, 3.05) is 6.26 Å². The van der Waals surface area contributed by atoms with Crippen LogP contribution in [0, 0.1) is 0 Å². The molecule has 4 aromatic rings. The lowest BCUT2D eigenvalue weighted by Gasteiger charge is -2.07. The molecule has 0 saturated carbocycles. The molecule has 0 aliphatic rings. The van der Waals surface area contributed by atoms with E-state index in [0.29, 0.717) is 5.02 Å². The van der Waals surface area contributed by atoms with Crippen LogP contribution < -0.4 is 0 Å². The minimum absolute atomic E-state index is 0.265. The second-order valence-corrected chi connectivity index (χ2v) is 8.56. The summed E-state index contributed by atoms with van der Waals surface area (Å²) < 4.78 is 30.4. The molecule has 2 aromatic carbocycles. The number of sulfone groups is 1. The van der Waals surface area contributed by atoms with Gasteiger partial charge in [0, 0.05) is 22.4 Å². The maximum absolute atomic E-state index is 11.7. The molecule has 0 spiro atoms. The number of hydrogen-bond donors (Lipinski definition) is 0. The number of aromatic nitrogens is 2. The van der Waals surface area contributed by atoms with E-state index in [4.69, 9.17) is 21.1 Å². The first kappa shape index (κ1) is 17.6. The molecular weight excluding hydrogens is 384 g/mol. The van der Waals surface area contributed by atoms with E-state index in [1.165, 1.54) is 6.26 Å². The molecule has 0 N–H and O–H groups in total. The summed E-state index contributed by atoms with van der Waals surface area (Å²) in [5.74, 6) is 0. The molecule has 0 amide bonds. The van der Waals surface area contributed by atoms with Crippen molar-refractivity contribution in [1.82, 2.24) is 9.78 Å². The Balaban J connectivity index is 1.85. The van der Waals surface area contributed by atoms with E-state index in [9.17, 15) is 8.42 Å². The summed E-state index contributed by atoms with van der Waals surface area (Å²) >= 11 is 5.98. The molecule has 0 aliphatic heterocycles. The first-order chi connectivity index (χ1) is 12.9. The van der Waals surface area contributed by atoms with Gasteiger partial charge >= 0.3 is 0 Å². The fraction of sp³-hybridized carbons (Fsp3) is 0.0500. The Morgan fingerprint density at radius 1 is 0.963 bits per heavy atom. The Bertz CT molecular complexity index is 1180. The molecule has 4 rings (SSSR count). The highest BCUT2D eigenvalue weighted by Gasteiger charge is 2.15. The molecule has 27 heavy (non-hydrogen) atoms. The van der Waals surface area contributed by atoms with Gasteiger partial charge in [0.1, 0.15) is 0 Å².